The van der Waals surface area contributed by atoms with Crippen LogP contribution in [0, 0.1) is 13.8 Å². The Bertz CT molecular complexity index is 1230. The Balaban J connectivity index is 1.98. The maximum Gasteiger partial charge on any atom is 0.332 e. The Labute approximate surface area is 156 Å². The van der Waals surface area contributed by atoms with Crippen molar-refractivity contribution in [2.24, 2.45) is 12.1 Å². The molecule has 4 rings (SSSR count). The highest BCUT2D eigenvalue weighted by Gasteiger charge is 2.25. The van der Waals surface area contributed by atoms with Crippen molar-refractivity contribution in [2.75, 3.05) is 12.1 Å². The van der Waals surface area contributed by atoms with Crippen molar-refractivity contribution >= 4 is 22.8 Å². The van der Waals surface area contributed by atoms with Crippen molar-refractivity contribution in [3.8, 4) is 0 Å². The van der Waals surface area contributed by atoms with Crippen LogP contribution in [0.25, 0.3) is 11.2 Å². The molecule has 1 aliphatic rings. The average Bonchev–Trinajstić information content (AvgIpc) is 2.99. The molecule has 0 radical (unpaired) electrons. The summed E-state index contributed by atoms with van der Waals surface area (Å²) in [6, 6.07) is 6.05. The summed E-state index contributed by atoms with van der Waals surface area (Å²) in [6.45, 7) is 6.60. The molecule has 0 bridgehead atoms. The molecule has 8 heteroatoms. The van der Waals surface area contributed by atoms with Crippen LogP contribution >= 0.6 is 0 Å². The first-order valence-corrected chi connectivity index (χ1v) is 8.82. The number of hydrazone groups is 1. The van der Waals surface area contributed by atoms with E-state index in [4.69, 9.17) is 0 Å². The van der Waals surface area contributed by atoms with E-state index in [-0.39, 0.29) is 17.8 Å². The standard InChI is InChI=1S/C19H22N6O2/c1-11-6-7-12(2)14(8-11)10-25-17(26)15-16(22(4)19(25)27)20-18-23(5)21-13(3)9-24(15)18/h6-8H,9-10H2,1-5H3. The van der Waals surface area contributed by atoms with Crippen molar-refractivity contribution < 1.29 is 0 Å². The maximum atomic E-state index is 13.3. The second-order valence-corrected chi connectivity index (χ2v) is 7.19. The Morgan fingerprint density at radius 2 is 1.85 bits per heavy atom. The molecule has 1 aromatic carbocycles. The van der Waals surface area contributed by atoms with E-state index >= 15 is 0 Å². The number of hydrogen-bond acceptors (Lipinski definition) is 5. The lowest BCUT2D eigenvalue weighted by Gasteiger charge is -2.20. The SMILES string of the molecule is CC1=NN(C)c2nc3c(c(=O)n(Cc4cc(C)ccc4C)c(=O)n3C)n2C1. The van der Waals surface area contributed by atoms with Crippen molar-refractivity contribution in [1.82, 2.24) is 18.7 Å². The molecule has 0 aliphatic carbocycles. The van der Waals surface area contributed by atoms with E-state index in [2.05, 4.69) is 10.1 Å². The Hall–Kier alpha value is -3.16. The normalized spacial score (nSPS) is 13.8. The average molecular weight is 366 g/mol. The highest BCUT2D eigenvalue weighted by Crippen LogP contribution is 2.22. The summed E-state index contributed by atoms with van der Waals surface area (Å²) in [5, 5.41) is 6.02. The fraction of sp³-hybridized carbons (Fsp3) is 0.368. The molecule has 0 N–H and O–H groups in total. The van der Waals surface area contributed by atoms with Crippen LogP contribution in [0.5, 0.6) is 0 Å². The van der Waals surface area contributed by atoms with Gasteiger partial charge in [0, 0.05) is 14.1 Å². The highest BCUT2D eigenvalue weighted by atomic mass is 16.2. The van der Waals surface area contributed by atoms with Gasteiger partial charge < -0.3 is 0 Å². The molecule has 8 nitrogen and oxygen atoms in total. The molecule has 0 fully saturated rings. The first-order valence-electron chi connectivity index (χ1n) is 8.82. The molecule has 0 spiro atoms. The number of hydrogen-bond donors (Lipinski definition) is 0. The number of imidazole rings is 1. The molecular weight excluding hydrogens is 344 g/mol. The third kappa shape index (κ3) is 2.59. The van der Waals surface area contributed by atoms with Gasteiger partial charge in [-0.15, -0.1) is 0 Å². The minimum Gasteiger partial charge on any atom is -0.297 e. The first kappa shape index (κ1) is 17.3. The van der Waals surface area contributed by atoms with E-state index in [0.29, 0.717) is 23.7 Å². The zero-order valence-corrected chi connectivity index (χ0v) is 16.1. The molecule has 2 aromatic heterocycles. The van der Waals surface area contributed by atoms with Crippen LogP contribution < -0.4 is 16.3 Å². The predicted molar refractivity (Wildman–Crippen MR) is 106 cm³/mol. The fourth-order valence-corrected chi connectivity index (χ4v) is 3.60. The number of aryl methyl sites for hydroxylation is 3. The van der Waals surface area contributed by atoms with E-state index in [1.807, 2.05) is 43.5 Å². The van der Waals surface area contributed by atoms with E-state index in [0.717, 1.165) is 22.4 Å². The summed E-state index contributed by atoms with van der Waals surface area (Å²) >= 11 is 0. The third-order valence-electron chi connectivity index (χ3n) is 5.04. The van der Waals surface area contributed by atoms with Crippen LogP contribution in [0.1, 0.15) is 23.6 Å². The molecule has 0 amide bonds. The summed E-state index contributed by atoms with van der Waals surface area (Å²) in [6.07, 6.45) is 0. The van der Waals surface area contributed by atoms with Gasteiger partial charge in [-0.2, -0.15) is 10.1 Å². The second kappa shape index (κ2) is 5.94. The summed E-state index contributed by atoms with van der Waals surface area (Å²) < 4.78 is 4.57. The van der Waals surface area contributed by atoms with Gasteiger partial charge in [0.15, 0.2) is 11.2 Å². The summed E-state index contributed by atoms with van der Waals surface area (Å²) in [4.78, 5) is 30.7. The fourth-order valence-electron chi connectivity index (χ4n) is 3.60. The summed E-state index contributed by atoms with van der Waals surface area (Å²) in [7, 11) is 3.43. The molecule has 27 heavy (non-hydrogen) atoms. The maximum absolute atomic E-state index is 13.3. The van der Waals surface area contributed by atoms with Crippen molar-refractivity contribution in [2.45, 2.75) is 33.9 Å². The molecule has 0 saturated carbocycles. The molecule has 3 heterocycles. The van der Waals surface area contributed by atoms with Crippen LogP contribution in [0.2, 0.25) is 0 Å². The minimum absolute atomic E-state index is 0.235. The van der Waals surface area contributed by atoms with Crippen LogP contribution in [0.4, 0.5) is 5.95 Å². The first-order chi connectivity index (χ1) is 12.8. The second-order valence-electron chi connectivity index (χ2n) is 7.19. The van der Waals surface area contributed by atoms with Gasteiger partial charge in [0.05, 0.1) is 18.8 Å². The Morgan fingerprint density at radius 1 is 1.11 bits per heavy atom. The van der Waals surface area contributed by atoms with Crippen LogP contribution in [-0.4, -0.2) is 31.4 Å². The number of rotatable bonds is 2. The monoisotopic (exact) mass is 366 g/mol. The topological polar surface area (TPSA) is 77.4 Å². The lowest BCUT2D eigenvalue weighted by molar-refractivity contribution is 0.651. The molecule has 0 saturated heterocycles. The van der Waals surface area contributed by atoms with Crippen molar-refractivity contribution in [1.29, 1.82) is 0 Å². The van der Waals surface area contributed by atoms with Crippen molar-refractivity contribution in [3.05, 3.63) is 55.7 Å². The van der Waals surface area contributed by atoms with Gasteiger partial charge in [0.1, 0.15) is 0 Å². The summed E-state index contributed by atoms with van der Waals surface area (Å²) in [5.74, 6) is 0.562. The number of fused-ring (bicyclic) bond motifs is 3. The summed E-state index contributed by atoms with van der Waals surface area (Å²) in [5.41, 5.74) is 4.09. The molecule has 140 valence electrons. The van der Waals surface area contributed by atoms with E-state index in [1.165, 1.54) is 9.13 Å². The van der Waals surface area contributed by atoms with Crippen LogP contribution in [0.15, 0.2) is 32.9 Å². The quantitative estimate of drug-likeness (QED) is 0.687. The van der Waals surface area contributed by atoms with Crippen LogP contribution in [0.3, 0.4) is 0 Å². The molecule has 1 aliphatic heterocycles. The Kier molecular flexibility index (Phi) is 3.80. The molecular formula is C19H22N6O2. The van der Waals surface area contributed by atoms with Gasteiger partial charge in [-0.3, -0.25) is 18.5 Å². The number of anilines is 1. The largest absolute Gasteiger partial charge is 0.332 e. The van der Waals surface area contributed by atoms with Gasteiger partial charge in [-0.1, -0.05) is 23.8 Å². The van der Waals surface area contributed by atoms with E-state index in [9.17, 15) is 9.59 Å². The molecule has 0 unspecified atom stereocenters. The molecule has 0 atom stereocenters. The number of nitrogens with zero attached hydrogens (tertiary/aromatic N) is 6. The van der Waals surface area contributed by atoms with Gasteiger partial charge in [-0.05, 0) is 31.9 Å². The zero-order valence-electron chi connectivity index (χ0n) is 16.1. The molecule has 3 aromatic rings. The zero-order chi connectivity index (χ0) is 19.5. The number of benzene rings is 1. The highest BCUT2D eigenvalue weighted by molar-refractivity contribution is 5.87. The van der Waals surface area contributed by atoms with E-state index in [1.54, 1.807) is 19.1 Å². The van der Waals surface area contributed by atoms with Gasteiger partial charge in [0.25, 0.3) is 5.56 Å². The minimum atomic E-state index is -0.371. The lowest BCUT2D eigenvalue weighted by Crippen LogP contribution is -2.40. The number of aromatic nitrogens is 4. The van der Waals surface area contributed by atoms with E-state index < -0.39 is 0 Å². The predicted octanol–water partition coefficient (Wildman–Crippen LogP) is 1.39. The van der Waals surface area contributed by atoms with Crippen LogP contribution in [-0.2, 0) is 20.1 Å². The van der Waals surface area contributed by atoms with Gasteiger partial charge in [-0.25, -0.2) is 9.80 Å². The Morgan fingerprint density at radius 3 is 2.59 bits per heavy atom. The van der Waals surface area contributed by atoms with Gasteiger partial charge >= 0.3 is 5.69 Å². The third-order valence-corrected chi connectivity index (χ3v) is 5.04. The lowest BCUT2D eigenvalue weighted by atomic mass is 10.1. The van der Waals surface area contributed by atoms with Crippen molar-refractivity contribution in [3.63, 3.8) is 0 Å². The van der Waals surface area contributed by atoms with Gasteiger partial charge in [0.2, 0.25) is 5.95 Å². The smallest absolute Gasteiger partial charge is 0.297 e.